The summed E-state index contributed by atoms with van der Waals surface area (Å²) in [6.45, 7) is 2.20. The van der Waals surface area contributed by atoms with E-state index in [1.807, 2.05) is 24.3 Å². The summed E-state index contributed by atoms with van der Waals surface area (Å²) >= 11 is 9.53. The van der Waals surface area contributed by atoms with E-state index in [0.29, 0.717) is 6.04 Å². The predicted octanol–water partition coefficient (Wildman–Crippen LogP) is 6.06. The van der Waals surface area contributed by atoms with Gasteiger partial charge in [0.25, 0.3) is 0 Å². The lowest BCUT2D eigenvalue weighted by Crippen LogP contribution is -2.10. The molecule has 1 N–H and O–H groups in total. The maximum Gasteiger partial charge on any atom is 0.0514 e. The molecular weight excluding hydrogens is 322 g/mol. The first-order chi connectivity index (χ1) is 9.20. The largest absolute Gasteiger partial charge is 0.377 e. The Labute approximate surface area is 128 Å². The van der Waals surface area contributed by atoms with Crippen LogP contribution >= 0.6 is 27.5 Å². The molecular formula is C16H17BrClN. The Morgan fingerprint density at radius 1 is 1.16 bits per heavy atom. The molecule has 1 unspecified atom stereocenters. The van der Waals surface area contributed by atoms with Crippen LogP contribution in [0, 0.1) is 0 Å². The van der Waals surface area contributed by atoms with Gasteiger partial charge >= 0.3 is 0 Å². The summed E-state index contributed by atoms with van der Waals surface area (Å²) in [7, 11) is 0. The second-order valence-corrected chi connectivity index (χ2v) is 5.81. The normalized spacial score (nSPS) is 12.2. The first kappa shape index (κ1) is 14.4. The van der Waals surface area contributed by atoms with Crippen LogP contribution in [0.25, 0.3) is 0 Å². The Kier molecular flexibility index (Phi) is 5.29. The van der Waals surface area contributed by atoms with Gasteiger partial charge in [-0.25, -0.2) is 0 Å². The summed E-state index contributed by atoms with van der Waals surface area (Å²) in [5.41, 5.74) is 2.39. The zero-order chi connectivity index (χ0) is 13.7. The first-order valence-electron chi connectivity index (χ1n) is 6.47. The number of halogens is 2. The summed E-state index contributed by atoms with van der Waals surface area (Å²) in [5.74, 6) is 0. The molecule has 1 nitrogen and oxygen atoms in total. The fourth-order valence-corrected chi connectivity index (χ4v) is 2.89. The van der Waals surface area contributed by atoms with Gasteiger partial charge in [0.05, 0.1) is 6.04 Å². The fraction of sp³-hybridized carbons (Fsp3) is 0.250. The number of benzene rings is 2. The highest BCUT2D eigenvalue weighted by Crippen LogP contribution is 2.30. The summed E-state index contributed by atoms with van der Waals surface area (Å²) in [6, 6.07) is 16.7. The van der Waals surface area contributed by atoms with Gasteiger partial charge in [-0.05, 0) is 46.1 Å². The first-order valence-corrected chi connectivity index (χ1v) is 7.64. The minimum Gasteiger partial charge on any atom is -0.377 e. The summed E-state index contributed by atoms with van der Waals surface area (Å²) < 4.78 is 0.997. The third kappa shape index (κ3) is 3.99. The lowest BCUT2D eigenvalue weighted by molar-refractivity contribution is 0.677. The van der Waals surface area contributed by atoms with Gasteiger partial charge in [-0.3, -0.25) is 0 Å². The van der Waals surface area contributed by atoms with Crippen molar-refractivity contribution in [1.29, 1.82) is 0 Å². The van der Waals surface area contributed by atoms with E-state index in [1.165, 1.54) is 5.56 Å². The van der Waals surface area contributed by atoms with E-state index >= 15 is 0 Å². The number of anilines is 1. The van der Waals surface area contributed by atoms with E-state index < -0.39 is 0 Å². The maximum atomic E-state index is 5.97. The Morgan fingerprint density at radius 3 is 2.53 bits per heavy atom. The summed E-state index contributed by atoms with van der Waals surface area (Å²) in [5, 5.41) is 4.33. The molecule has 19 heavy (non-hydrogen) atoms. The number of nitrogens with one attached hydrogen (secondary N) is 1. The predicted molar refractivity (Wildman–Crippen MR) is 86.9 cm³/mol. The monoisotopic (exact) mass is 337 g/mol. The molecule has 2 rings (SSSR count). The molecule has 0 radical (unpaired) electrons. The van der Waals surface area contributed by atoms with Crippen LogP contribution < -0.4 is 5.32 Å². The molecule has 0 amide bonds. The molecule has 0 saturated carbocycles. The van der Waals surface area contributed by atoms with Crippen LogP contribution in [-0.2, 0) is 0 Å². The van der Waals surface area contributed by atoms with Crippen LogP contribution in [0.4, 0.5) is 5.69 Å². The third-order valence-corrected chi connectivity index (χ3v) is 3.93. The summed E-state index contributed by atoms with van der Waals surface area (Å²) in [4.78, 5) is 0. The average Bonchev–Trinajstić information content (AvgIpc) is 2.42. The Bertz CT molecular complexity index is 528. The zero-order valence-corrected chi connectivity index (χ0v) is 13.2. The molecule has 0 aliphatic heterocycles. The molecule has 0 aliphatic carbocycles. The van der Waals surface area contributed by atoms with Gasteiger partial charge in [0, 0.05) is 15.2 Å². The van der Waals surface area contributed by atoms with Crippen molar-refractivity contribution in [3.8, 4) is 0 Å². The van der Waals surface area contributed by atoms with Crippen LogP contribution in [0.2, 0.25) is 5.02 Å². The SMILES string of the molecule is CCCC(Nc1ccc(Cl)cc1Br)c1ccccc1. The van der Waals surface area contributed by atoms with Crippen molar-refractivity contribution in [2.75, 3.05) is 5.32 Å². The minimum atomic E-state index is 0.323. The van der Waals surface area contributed by atoms with Gasteiger partial charge in [-0.1, -0.05) is 55.3 Å². The lowest BCUT2D eigenvalue weighted by Gasteiger charge is -2.21. The quantitative estimate of drug-likeness (QED) is 0.699. The summed E-state index contributed by atoms with van der Waals surface area (Å²) in [6.07, 6.45) is 2.23. The number of rotatable bonds is 5. The molecule has 2 aromatic rings. The molecule has 0 aromatic heterocycles. The number of hydrogen-bond acceptors (Lipinski definition) is 1. The number of hydrogen-bond donors (Lipinski definition) is 1. The molecule has 0 fully saturated rings. The maximum absolute atomic E-state index is 5.97. The van der Waals surface area contributed by atoms with Gasteiger partial charge in [0.1, 0.15) is 0 Å². The van der Waals surface area contributed by atoms with Crippen LogP contribution in [0.3, 0.4) is 0 Å². The molecule has 0 bridgehead atoms. The highest BCUT2D eigenvalue weighted by atomic mass is 79.9. The van der Waals surface area contributed by atoms with Crippen LogP contribution in [0.1, 0.15) is 31.4 Å². The lowest BCUT2D eigenvalue weighted by atomic mass is 10.0. The van der Waals surface area contributed by atoms with Crippen molar-refractivity contribution in [1.82, 2.24) is 0 Å². The minimum absolute atomic E-state index is 0.323. The van der Waals surface area contributed by atoms with E-state index in [-0.39, 0.29) is 0 Å². The van der Waals surface area contributed by atoms with Crippen LogP contribution in [0.15, 0.2) is 53.0 Å². The van der Waals surface area contributed by atoms with Crippen molar-refractivity contribution in [3.05, 3.63) is 63.6 Å². The highest BCUT2D eigenvalue weighted by molar-refractivity contribution is 9.10. The van der Waals surface area contributed by atoms with Gasteiger partial charge in [0.15, 0.2) is 0 Å². The van der Waals surface area contributed by atoms with E-state index in [0.717, 1.165) is 28.0 Å². The van der Waals surface area contributed by atoms with Crippen LogP contribution in [-0.4, -0.2) is 0 Å². The average molecular weight is 339 g/mol. The molecule has 100 valence electrons. The molecule has 0 spiro atoms. The molecule has 1 atom stereocenters. The van der Waals surface area contributed by atoms with Gasteiger partial charge in [0.2, 0.25) is 0 Å². The fourth-order valence-electron chi connectivity index (χ4n) is 2.09. The van der Waals surface area contributed by atoms with E-state index in [1.54, 1.807) is 0 Å². The van der Waals surface area contributed by atoms with Crippen LogP contribution in [0.5, 0.6) is 0 Å². The smallest absolute Gasteiger partial charge is 0.0514 e. The zero-order valence-electron chi connectivity index (χ0n) is 10.9. The second kappa shape index (κ2) is 6.97. The van der Waals surface area contributed by atoms with Gasteiger partial charge in [-0.15, -0.1) is 0 Å². The Balaban J connectivity index is 2.21. The highest BCUT2D eigenvalue weighted by Gasteiger charge is 2.11. The molecule has 3 heteroatoms. The molecule has 0 saturated heterocycles. The van der Waals surface area contributed by atoms with E-state index in [4.69, 9.17) is 11.6 Å². The molecule has 2 aromatic carbocycles. The third-order valence-electron chi connectivity index (χ3n) is 3.04. The molecule has 0 heterocycles. The van der Waals surface area contributed by atoms with Crippen molar-refractivity contribution in [2.24, 2.45) is 0 Å². The van der Waals surface area contributed by atoms with E-state index in [9.17, 15) is 0 Å². The molecule has 0 aliphatic rings. The Hall–Kier alpha value is -0.990. The van der Waals surface area contributed by atoms with Crippen molar-refractivity contribution >= 4 is 33.2 Å². The van der Waals surface area contributed by atoms with Crippen molar-refractivity contribution < 1.29 is 0 Å². The second-order valence-electron chi connectivity index (χ2n) is 4.52. The van der Waals surface area contributed by atoms with Crippen molar-refractivity contribution in [3.63, 3.8) is 0 Å². The topological polar surface area (TPSA) is 12.0 Å². The standard InChI is InChI=1S/C16H17BrClN/c1-2-6-15(12-7-4-3-5-8-12)19-16-10-9-13(18)11-14(16)17/h3-5,7-11,15,19H,2,6H2,1H3. The van der Waals surface area contributed by atoms with Gasteiger partial charge in [-0.2, -0.15) is 0 Å². The Morgan fingerprint density at radius 2 is 1.89 bits per heavy atom. The van der Waals surface area contributed by atoms with E-state index in [2.05, 4.69) is 52.4 Å². The van der Waals surface area contributed by atoms with Crippen molar-refractivity contribution in [2.45, 2.75) is 25.8 Å². The van der Waals surface area contributed by atoms with Gasteiger partial charge < -0.3 is 5.32 Å².